The van der Waals surface area contributed by atoms with Gasteiger partial charge in [-0.25, -0.2) is 17.9 Å². The van der Waals surface area contributed by atoms with Crippen molar-refractivity contribution in [2.24, 2.45) is 11.8 Å². The molecular formula is C12H15NO5S. The van der Waals surface area contributed by atoms with E-state index in [4.69, 9.17) is 5.11 Å². The van der Waals surface area contributed by atoms with E-state index in [1.54, 1.807) is 0 Å². The highest BCUT2D eigenvalue weighted by Gasteiger charge is 2.33. The van der Waals surface area contributed by atoms with E-state index in [-0.39, 0.29) is 4.90 Å². The van der Waals surface area contributed by atoms with E-state index in [9.17, 15) is 18.3 Å². The fourth-order valence-corrected chi connectivity index (χ4v) is 2.96. The van der Waals surface area contributed by atoms with Crippen LogP contribution in [-0.4, -0.2) is 31.1 Å². The standard InChI is InChI=1S/C12H15NO5S/c1-7-4-8(7)6-13-19(17,18)9-2-3-11(14)10(5-9)12(15)16/h2-3,5,7-8,13-14H,4,6H2,1H3,(H,15,16). The van der Waals surface area contributed by atoms with Gasteiger partial charge in [-0.1, -0.05) is 6.92 Å². The van der Waals surface area contributed by atoms with Gasteiger partial charge in [-0.2, -0.15) is 0 Å². The number of rotatable bonds is 5. The second-order valence-electron chi connectivity index (χ2n) is 4.81. The monoisotopic (exact) mass is 285 g/mol. The molecule has 1 aromatic carbocycles. The first kappa shape index (κ1) is 13.8. The summed E-state index contributed by atoms with van der Waals surface area (Å²) in [7, 11) is -3.74. The number of aromatic carboxylic acids is 1. The third-order valence-corrected chi connectivity index (χ3v) is 4.74. The summed E-state index contributed by atoms with van der Waals surface area (Å²) in [6, 6.07) is 3.20. The number of nitrogens with one attached hydrogen (secondary N) is 1. The Morgan fingerprint density at radius 2 is 2.11 bits per heavy atom. The Hall–Kier alpha value is -1.60. The summed E-state index contributed by atoms with van der Waals surface area (Å²) in [4.78, 5) is 10.7. The number of carboxylic acid groups (broad SMARTS) is 1. The molecule has 0 aliphatic heterocycles. The number of sulfonamides is 1. The van der Waals surface area contributed by atoms with Gasteiger partial charge < -0.3 is 10.2 Å². The molecule has 0 radical (unpaired) electrons. The lowest BCUT2D eigenvalue weighted by molar-refractivity contribution is 0.0693. The van der Waals surface area contributed by atoms with Crippen LogP contribution in [0.25, 0.3) is 0 Å². The van der Waals surface area contributed by atoms with Crippen molar-refractivity contribution in [3.8, 4) is 5.75 Å². The summed E-state index contributed by atoms with van der Waals surface area (Å²) in [5.74, 6) is -0.949. The van der Waals surface area contributed by atoms with Crippen molar-refractivity contribution < 1.29 is 23.4 Å². The molecule has 2 unspecified atom stereocenters. The molecule has 1 saturated carbocycles. The Morgan fingerprint density at radius 3 is 2.63 bits per heavy atom. The second kappa shape index (κ2) is 4.82. The fraction of sp³-hybridized carbons (Fsp3) is 0.417. The lowest BCUT2D eigenvalue weighted by Gasteiger charge is -2.08. The zero-order valence-corrected chi connectivity index (χ0v) is 11.1. The molecule has 1 aromatic rings. The van der Waals surface area contributed by atoms with Crippen LogP contribution in [0.3, 0.4) is 0 Å². The van der Waals surface area contributed by atoms with E-state index in [0.29, 0.717) is 18.4 Å². The SMILES string of the molecule is CC1CC1CNS(=O)(=O)c1ccc(O)c(C(=O)O)c1. The Kier molecular flexibility index (Phi) is 3.51. The molecule has 0 heterocycles. The zero-order chi connectivity index (χ0) is 14.2. The van der Waals surface area contributed by atoms with E-state index < -0.39 is 27.3 Å². The maximum atomic E-state index is 12.0. The highest BCUT2D eigenvalue weighted by Crippen LogP contribution is 2.37. The first-order chi connectivity index (χ1) is 8.81. The van der Waals surface area contributed by atoms with Crippen molar-refractivity contribution >= 4 is 16.0 Å². The molecule has 1 aliphatic carbocycles. The molecule has 3 N–H and O–H groups in total. The average Bonchev–Trinajstić information content (AvgIpc) is 3.03. The normalized spacial score (nSPS) is 22.2. The van der Waals surface area contributed by atoms with E-state index in [0.717, 1.165) is 18.6 Å². The maximum Gasteiger partial charge on any atom is 0.339 e. The molecule has 0 aromatic heterocycles. The molecular weight excluding hydrogens is 270 g/mol. The van der Waals surface area contributed by atoms with Gasteiger partial charge in [0.1, 0.15) is 11.3 Å². The van der Waals surface area contributed by atoms with E-state index in [1.165, 1.54) is 6.07 Å². The van der Waals surface area contributed by atoms with Crippen LogP contribution in [0.15, 0.2) is 23.1 Å². The highest BCUT2D eigenvalue weighted by molar-refractivity contribution is 7.89. The summed E-state index contributed by atoms with van der Waals surface area (Å²) in [5, 5.41) is 18.2. The third kappa shape index (κ3) is 3.05. The number of aromatic hydroxyl groups is 1. The minimum absolute atomic E-state index is 0.156. The van der Waals surface area contributed by atoms with Crippen LogP contribution in [0.1, 0.15) is 23.7 Å². The zero-order valence-electron chi connectivity index (χ0n) is 10.3. The van der Waals surface area contributed by atoms with Gasteiger partial charge in [0.2, 0.25) is 10.0 Å². The molecule has 7 heteroatoms. The van der Waals surface area contributed by atoms with Gasteiger partial charge in [-0.05, 0) is 36.5 Å². The van der Waals surface area contributed by atoms with Crippen LogP contribution in [0.4, 0.5) is 0 Å². The van der Waals surface area contributed by atoms with Gasteiger partial charge in [-0.3, -0.25) is 0 Å². The predicted octanol–water partition coefficient (Wildman–Crippen LogP) is 1.02. The van der Waals surface area contributed by atoms with Crippen LogP contribution < -0.4 is 4.72 Å². The van der Waals surface area contributed by atoms with Crippen molar-refractivity contribution in [1.82, 2.24) is 4.72 Å². The minimum atomic E-state index is -3.74. The van der Waals surface area contributed by atoms with Crippen molar-refractivity contribution in [3.63, 3.8) is 0 Å². The number of carboxylic acids is 1. The van der Waals surface area contributed by atoms with E-state index in [1.807, 2.05) is 6.92 Å². The molecule has 1 fully saturated rings. The summed E-state index contributed by atoms with van der Waals surface area (Å²) >= 11 is 0. The third-order valence-electron chi connectivity index (χ3n) is 3.32. The molecule has 2 rings (SSSR count). The Labute approximate surface area is 111 Å². The van der Waals surface area contributed by atoms with E-state index in [2.05, 4.69) is 4.72 Å². The van der Waals surface area contributed by atoms with Crippen LogP contribution in [0.5, 0.6) is 5.75 Å². The van der Waals surface area contributed by atoms with Gasteiger partial charge in [-0.15, -0.1) is 0 Å². The molecule has 104 valence electrons. The smallest absolute Gasteiger partial charge is 0.339 e. The van der Waals surface area contributed by atoms with Crippen LogP contribution in [0.2, 0.25) is 0 Å². The average molecular weight is 285 g/mol. The van der Waals surface area contributed by atoms with Crippen molar-refractivity contribution in [3.05, 3.63) is 23.8 Å². The quantitative estimate of drug-likeness (QED) is 0.749. The van der Waals surface area contributed by atoms with E-state index >= 15 is 0 Å². The van der Waals surface area contributed by atoms with Crippen molar-refractivity contribution in [2.45, 2.75) is 18.2 Å². The fourth-order valence-electron chi connectivity index (χ4n) is 1.84. The van der Waals surface area contributed by atoms with Gasteiger partial charge in [0.25, 0.3) is 0 Å². The van der Waals surface area contributed by atoms with Crippen LogP contribution in [-0.2, 0) is 10.0 Å². The van der Waals surface area contributed by atoms with Crippen molar-refractivity contribution in [2.75, 3.05) is 6.54 Å². The first-order valence-corrected chi connectivity index (χ1v) is 7.35. The Balaban J connectivity index is 2.20. The first-order valence-electron chi connectivity index (χ1n) is 5.87. The molecule has 0 saturated heterocycles. The highest BCUT2D eigenvalue weighted by atomic mass is 32.2. The number of phenols is 1. The molecule has 0 spiro atoms. The van der Waals surface area contributed by atoms with Crippen molar-refractivity contribution in [1.29, 1.82) is 0 Å². The van der Waals surface area contributed by atoms with Gasteiger partial charge in [0.15, 0.2) is 0 Å². The number of hydrogen-bond donors (Lipinski definition) is 3. The lowest BCUT2D eigenvalue weighted by atomic mass is 10.2. The lowest BCUT2D eigenvalue weighted by Crippen LogP contribution is -2.26. The van der Waals surface area contributed by atoms with Gasteiger partial charge in [0.05, 0.1) is 4.90 Å². The molecule has 0 amide bonds. The Morgan fingerprint density at radius 1 is 1.47 bits per heavy atom. The molecule has 0 bridgehead atoms. The topological polar surface area (TPSA) is 104 Å². The number of carbonyl (C=O) groups is 1. The summed E-state index contributed by atoms with van der Waals surface area (Å²) in [6.45, 7) is 2.40. The number of hydrogen-bond acceptors (Lipinski definition) is 4. The minimum Gasteiger partial charge on any atom is -0.507 e. The maximum absolute atomic E-state index is 12.0. The molecule has 1 aliphatic rings. The predicted molar refractivity (Wildman–Crippen MR) is 67.5 cm³/mol. The van der Waals surface area contributed by atoms with Gasteiger partial charge in [0, 0.05) is 6.54 Å². The number of benzene rings is 1. The largest absolute Gasteiger partial charge is 0.507 e. The Bertz CT molecular complexity index is 611. The molecule has 19 heavy (non-hydrogen) atoms. The summed E-state index contributed by atoms with van der Waals surface area (Å²) < 4.78 is 26.4. The van der Waals surface area contributed by atoms with Crippen LogP contribution >= 0.6 is 0 Å². The second-order valence-corrected chi connectivity index (χ2v) is 6.58. The molecule has 2 atom stereocenters. The summed E-state index contributed by atoms with van der Waals surface area (Å²) in [5.41, 5.74) is -0.428. The van der Waals surface area contributed by atoms with Crippen LogP contribution in [0, 0.1) is 11.8 Å². The molecule has 6 nitrogen and oxygen atoms in total. The summed E-state index contributed by atoms with van der Waals surface area (Å²) in [6.07, 6.45) is 0.998. The van der Waals surface area contributed by atoms with Gasteiger partial charge >= 0.3 is 5.97 Å².